The average molecular weight is 314 g/mol. The molecule has 0 amide bonds. The Kier molecular flexibility index (Phi) is 3.63. The van der Waals surface area contributed by atoms with E-state index >= 15 is 0 Å². The summed E-state index contributed by atoms with van der Waals surface area (Å²) in [5.74, 6) is -0.0360. The molecule has 2 aromatic carbocycles. The van der Waals surface area contributed by atoms with Crippen LogP contribution in [0.15, 0.2) is 60.7 Å². The van der Waals surface area contributed by atoms with E-state index in [1.54, 1.807) is 25.1 Å². The molecule has 1 aliphatic heterocycles. The molecule has 0 N–H and O–H groups in total. The molecule has 0 aliphatic carbocycles. The lowest BCUT2D eigenvalue weighted by molar-refractivity contribution is -0.137. The van der Waals surface area contributed by atoms with Gasteiger partial charge in [-0.3, -0.25) is 4.57 Å². The van der Waals surface area contributed by atoms with Crippen LogP contribution in [0.3, 0.4) is 0 Å². The Balaban J connectivity index is 2.02. The third-order valence-corrected chi connectivity index (χ3v) is 5.49. The van der Waals surface area contributed by atoms with Crippen LogP contribution < -0.4 is 9.83 Å². The lowest BCUT2D eigenvalue weighted by Gasteiger charge is -2.28. The lowest BCUT2D eigenvalue weighted by atomic mass is 10.0. The van der Waals surface area contributed by atoms with Crippen molar-refractivity contribution in [3.05, 3.63) is 60.7 Å². The molecule has 0 radical (unpaired) electrons. The van der Waals surface area contributed by atoms with E-state index in [0.717, 1.165) is 11.1 Å². The van der Waals surface area contributed by atoms with Crippen LogP contribution in [0, 0.1) is 0 Å². The standard InChI is InChI=1S/C17H15O4P/c1-12(2)17(18)20-11-22(19)16-10-6-4-8-14(16)13-7-3-5-9-15(13)21-22/h3-10H,1,11H2,2H3. The van der Waals surface area contributed by atoms with Crippen LogP contribution in [0.1, 0.15) is 6.92 Å². The van der Waals surface area contributed by atoms with Crippen molar-refractivity contribution in [1.29, 1.82) is 0 Å². The summed E-state index contributed by atoms with van der Waals surface area (Å²) in [4.78, 5) is 11.6. The molecule has 5 heteroatoms. The highest BCUT2D eigenvalue weighted by atomic mass is 31.2. The molecule has 1 atom stereocenters. The quantitative estimate of drug-likeness (QED) is 0.492. The monoisotopic (exact) mass is 314 g/mol. The summed E-state index contributed by atoms with van der Waals surface area (Å²) in [6, 6.07) is 14.7. The van der Waals surface area contributed by atoms with Crippen LogP contribution >= 0.6 is 7.37 Å². The molecule has 112 valence electrons. The molecule has 0 bridgehead atoms. The molecular formula is C17H15O4P. The molecule has 3 rings (SSSR count). The van der Waals surface area contributed by atoms with Crippen molar-refractivity contribution in [2.24, 2.45) is 0 Å². The van der Waals surface area contributed by atoms with Crippen molar-refractivity contribution in [2.45, 2.75) is 6.92 Å². The molecule has 4 nitrogen and oxygen atoms in total. The van der Waals surface area contributed by atoms with Crippen molar-refractivity contribution in [3.8, 4) is 16.9 Å². The topological polar surface area (TPSA) is 52.6 Å². The first kappa shape index (κ1) is 14.6. The van der Waals surface area contributed by atoms with E-state index in [1.807, 2.05) is 30.3 Å². The van der Waals surface area contributed by atoms with Gasteiger partial charge in [0.15, 0.2) is 6.35 Å². The van der Waals surface area contributed by atoms with Gasteiger partial charge >= 0.3 is 13.3 Å². The average Bonchev–Trinajstić information content (AvgIpc) is 2.53. The highest BCUT2D eigenvalue weighted by Gasteiger charge is 2.37. The second kappa shape index (κ2) is 5.47. The minimum atomic E-state index is -3.31. The smallest absolute Gasteiger partial charge is 0.333 e. The maximum absolute atomic E-state index is 13.2. The van der Waals surface area contributed by atoms with Crippen molar-refractivity contribution < 1.29 is 18.6 Å². The minimum absolute atomic E-state index is 0.261. The maximum Gasteiger partial charge on any atom is 0.333 e. The van der Waals surface area contributed by atoms with Crippen LogP contribution in [0.4, 0.5) is 0 Å². The first-order valence-corrected chi connectivity index (χ1v) is 8.62. The molecule has 1 aliphatic rings. The van der Waals surface area contributed by atoms with E-state index in [-0.39, 0.29) is 11.9 Å². The molecule has 1 unspecified atom stereocenters. The number of carbonyl (C=O) groups excluding carboxylic acids is 1. The summed E-state index contributed by atoms with van der Waals surface area (Å²) >= 11 is 0. The van der Waals surface area contributed by atoms with Gasteiger partial charge in [0, 0.05) is 11.1 Å². The summed E-state index contributed by atoms with van der Waals surface area (Å²) in [6.07, 6.45) is -0.302. The van der Waals surface area contributed by atoms with E-state index in [2.05, 4.69) is 6.58 Å². The van der Waals surface area contributed by atoms with Crippen molar-refractivity contribution >= 4 is 18.6 Å². The number of fused-ring (bicyclic) bond motifs is 3. The van der Waals surface area contributed by atoms with E-state index in [9.17, 15) is 9.36 Å². The van der Waals surface area contributed by atoms with Gasteiger partial charge in [0.2, 0.25) is 0 Å². The van der Waals surface area contributed by atoms with Crippen LogP contribution in [0.25, 0.3) is 11.1 Å². The van der Waals surface area contributed by atoms with Gasteiger partial charge in [-0.25, -0.2) is 4.79 Å². The van der Waals surface area contributed by atoms with Gasteiger partial charge in [0.05, 0.1) is 5.30 Å². The Labute approximate surface area is 128 Å². The van der Waals surface area contributed by atoms with E-state index in [1.165, 1.54) is 0 Å². The number of para-hydroxylation sites is 1. The van der Waals surface area contributed by atoms with Crippen molar-refractivity contribution in [1.82, 2.24) is 0 Å². The molecule has 22 heavy (non-hydrogen) atoms. The number of rotatable bonds is 3. The lowest BCUT2D eigenvalue weighted by Crippen LogP contribution is -2.22. The molecule has 1 heterocycles. The van der Waals surface area contributed by atoms with E-state index in [4.69, 9.17) is 9.26 Å². The predicted molar refractivity (Wildman–Crippen MR) is 85.5 cm³/mol. The Morgan fingerprint density at radius 3 is 2.50 bits per heavy atom. The number of carbonyl (C=O) groups is 1. The Morgan fingerprint density at radius 1 is 1.14 bits per heavy atom. The summed E-state index contributed by atoms with van der Waals surface area (Å²) in [6.45, 7) is 5.06. The third kappa shape index (κ3) is 2.46. The molecular weight excluding hydrogens is 299 g/mol. The first-order valence-electron chi connectivity index (χ1n) is 6.81. The van der Waals surface area contributed by atoms with Gasteiger partial charge in [0.25, 0.3) is 0 Å². The fourth-order valence-corrected chi connectivity index (χ4v) is 4.27. The highest BCUT2D eigenvalue weighted by Crippen LogP contribution is 2.54. The first-order chi connectivity index (χ1) is 10.5. The molecule has 0 spiro atoms. The van der Waals surface area contributed by atoms with Crippen LogP contribution in [-0.2, 0) is 14.1 Å². The zero-order valence-corrected chi connectivity index (χ0v) is 13.0. The second-order valence-electron chi connectivity index (χ2n) is 5.12. The van der Waals surface area contributed by atoms with Gasteiger partial charge < -0.3 is 9.26 Å². The molecule has 0 aromatic heterocycles. The largest absolute Gasteiger partial charge is 0.450 e. The molecule has 0 saturated heterocycles. The number of esters is 1. The van der Waals surface area contributed by atoms with Crippen LogP contribution in [0.2, 0.25) is 0 Å². The molecule has 0 saturated carbocycles. The summed E-state index contributed by atoms with van der Waals surface area (Å²) in [5, 5.41) is 0.572. The predicted octanol–water partition coefficient (Wildman–Crippen LogP) is 3.73. The molecule has 0 fully saturated rings. The van der Waals surface area contributed by atoms with Gasteiger partial charge in [-0.2, -0.15) is 0 Å². The fourth-order valence-electron chi connectivity index (χ4n) is 2.34. The maximum atomic E-state index is 13.2. The fraction of sp³-hybridized carbons (Fsp3) is 0.118. The van der Waals surface area contributed by atoms with Crippen molar-refractivity contribution in [3.63, 3.8) is 0 Å². The van der Waals surface area contributed by atoms with Crippen LogP contribution in [0.5, 0.6) is 5.75 Å². The number of hydrogen-bond acceptors (Lipinski definition) is 4. The SMILES string of the molecule is C=C(C)C(=O)OCP1(=O)Oc2ccccc2-c2ccccc21. The Bertz CT molecular complexity index is 810. The van der Waals surface area contributed by atoms with Gasteiger partial charge in [-0.05, 0) is 24.6 Å². The number of ether oxygens (including phenoxy) is 1. The Hall–Kier alpha value is -2.32. The van der Waals surface area contributed by atoms with E-state index < -0.39 is 13.3 Å². The number of benzene rings is 2. The highest BCUT2D eigenvalue weighted by molar-refractivity contribution is 7.67. The summed E-state index contributed by atoms with van der Waals surface area (Å²) in [7, 11) is -3.31. The molecule has 2 aromatic rings. The van der Waals surface area contributed by atoms with Gasteiger partial charge in [-0.15, -0.1) is 0 Å². The Morgan fingerprint density at radius 2 is 1.77 bits per heavy atom. The second-order valence-corrected chi connectivity index (χ2v) is 7.39. The number of hydrogen-bond donors (Lipinski definition) is 0. The third-order valence-electron chi connectivity index (χ3n) is 3.41. The minimum Gasteiger partial charge on any atom is -0.450 e. The van der Waals surface area contributed by atoms with Gasteiger partial charge in [-0.1, -0.05) is 43.0 Å². The summed E-state index contributed by atoms with van der Waals surface area (Å²) in [5.41, 5.74) is 1.99. The zero-order valence-electron chi connectivity index (χ0n) is 12.1. The van der Waals surface area contributed by atoms with E-state index in [0.29, 0.717) is 11.1 Å². The van der Waals surface area contributed by atoms with Crippen LogP contribution in [-0.4, -0.2) is 12.3 Å². The summed E-state index contributed by atoms with van der Waals surface area (Å²) < 4.78 is 24.0. The van der Waals surface area contributed by atoms with Crippen molar-refractivity contribution in [2.75, 3.05) is 6.35 Å². The zero-order chi connectivity index (χ0) is 15.7. The normalized spacial score (nSPS) is 18.6. The van der Waals surface area contributed by atoms with Gasteiger partial charge in [0.1, 0.15) is 5.75 Å².